The summed E-state index contributed by atoms with van der Waals surface area (Å²) in [4.78, 5) is 4.20. The number of rotatable bonds is 6. The second kappa shape index (κ2) is 7.33. The lowest BCUT2D eigenvalue weighted by Gasteiger charge is -2.09. The molecule has 0 aliphatic carbocycles. The Kier molecular flexibility index (Phi) is 4.98. The van der Waals surface area contributed by atoms with Gasteiger partial charge in [0.25, 0.3) is 0 Å². The van der Waals surface area contributed by atoms with Crippen LogP contribution in [0.4, 0.5) is 0 Å². The van der Waals surface area contributed by atoms with Gasteiger partial charge in [-0.15, -0.1) is 0 Å². The molecule has 0 aliphatic heterocycles. The second-order valence-electron chi connectivity index (χ2n) is 4.92. The molecule has 0 bridgehead atoms. The molecule has 7 heteroatoms. The molecule has 0 aliphatic rings. The van der Waals surface area contributed by atoms with Crippen LogP contribution in [0.1, 0.15) is 0 Å². The molecule has 0 atom stereocenters. The van der Waals surface area contributed by atoms with Crippen LogP contribution in [0.5, 0.6) is 11.6 Å². The van der Waals surface area contributed by atoms with E-state index in [2.05, 4.69) is 10.1 Å². The normalized spacial score (nSPS) is 10.6. The molecule has 0 saturated carbocycles. The molecule has 0 amide bonds. The molecule has 24 heavy (non-hydrogen) atoms. The van der Waals surface area contributed by atoms with Gasteiger partial charge in [-0.3, -0.25) is 0 Å². The van der Waals surface area contributed by atoms with Gasteiger partial charge in [-0.25, -0.2) is 9.67 Å². The van der Waals surface area contributed by atoms with Crippen molar-refractivity contribution < 1.29 is 14.6 Å². The number of aromatic nitrogens is 3. The van der Waals surface area contributed by atoms with Crippen LogP contribution >= 0.6 is 11.6 Å². The maximum atomic E-state index is 8.80. The Labute approximate surface area is 144 Å². The zero-order chi connectivity index (χ0) is 16.9. The van der Waals surface area contributed by atoms with Gasteiger partial charge in [0.15, 0.2) is 5.15 Å². The van der Waals surface area contributed by atoms with Crippen molar-refractivity contribution in [1.82, 2.24) is 14.8 Å². The molecule has 3 rings (SSSR count). The van der Waals surface area contributed by atoms with Crippen molar-refractivity contribution in [2.45, 2.75) is 0 Å². The SMILES string of the molecule is COc1ccc(-n2nc(Cl)cc2-c2ccc(OCCO)cc2)cn1. The maximum Gasteiger partial charge on any atom is 0.213 e. The Morgan fingerprint density at radius 1 is 1.17 bits per heavy atom. The monoisotopic (exact) mass is 345 g/mol. The summed E-state index contributed by atoms with van der Waals surface area (Å²) in [6.07, 6.45) is 1.67. The average molecular weight is 346 g/mol. The molecule has 0 unspecified atom stereocenters. The number of halogens is 1. The van der Waals surface area contributed by atoms with Gasteiger partial charge in [-0.05, 0) is 30.3 Å². The van der Waals surface area contributed by atoms with Crippen LogP contribution in [0, 0.1) is 0 Å². The minimum Gasteiger partial charge on any atom is -0.491 e. The highest BCUT2D eigenvalue weighted by Gasteiger charge is 2.11. The molecule has 0 radical (unpaired) electrons. The fourth-order valence-electron chi connectivity index (χ4n) is 2.26. The zero-order valence-electron chi connectivity index (χ0n) is 13.0. The Morgan fingerprint density at radius 3 is 2.58 bits per heavy atom. The predicted octanol–water partition coefficient (Wildman–Crippen LogP) is 2.97. The van der Waals surface area contributed by atoms with Crippen LogP contribution in [0.25, 0.3) is 16.9 Å². The van der Waals surface area contributed by atoms with Crippen molar-refractivity contribution in [3.8, 4) is 28.6 Å². The molecular weight excluding hydrogens is 330 g/mol. The molecule has 1 N–H and O–H groups in total. The number of aliphatic hydroxyl groups is 1. The van der Waals surface area contributed by atoms with E-state index in [4.69, 9.17) is 26.2 Å². The maximum absolute atomic E-state index is 8.80. The topological polar surface area (TPSA) is 69.4 Å². The summed E-state index contributed by atoms with van der Waals surface area (Å²) in [5.74, 6) is 1.22. The molecule has 2 heterocycles. The van der Waals surface area contributed by atoms with Crippen molar-refractivity contribution in [3.63, 3.8) is 0 Å². The molecule has 3 aromatic rings. The fourth-order valence-corrected chi connectivity index (χ4v) is 2.44. The van der Waals surface area contributed by atoms with Gasteiger partial charge < -0.3 is 14.6 Å². The van der Waals surface area contributed by atoms with E-state index in [0.29, 0.717) is 16.8 Å². The Balaban J connectivity index is 1.93. The summed E-state index contributed by atoms with van der Waals surface area (Å²) in [5, 5.41) is 13.5. The molecule has 0 saturated heterocycles. The van der Waals surface area contributed by atoms with Gasteiger partial charge in [0, 0.05) is 17.7 Å². The molecule has 6 nitrogen and oxygen atoms in total. The minimum atomic E-state index is -0.0192. The van der Waals surface area contributed by atoms with Crippen LogP contribution in [-0.2, 0) is 0 Å². The largest absolute Gasteiger partial charge is 0.491 e. The molecule has 0 spiro atoms. The van der Waals surface area contributed by atoms with Gasteiger partial charge in [0.05, 0.1) is 31.3 Å². The molecule has 0 fully saturated rings. The number of benzene rings is 1. The van der Waals surface area contributed by atoms with E-state index in [1.807, 2.05) is 30.3 Å². The number of methoxy groups -OCH3 is 1. The van der Waals surface area contributed by atoms with E-state index >= 15 is 0 Å². The fraction of sp³-hybridized carbons (Fsp3) is 0.176. The highest BCUT2D eigenvalue weighted by atomic mass is 35.5. The summed E-state index contributed by atoms with van der Waals surface area (Å²) in [5.41, 5.74) is 2.54. The third-order valence-corrected chi connectivity index (χ3v) is 3.55. The first-order valence-electron chi connectivity index (χ1n) is 7.31. The van der Waals surface area contributed by atoms with E-state index in [9.17, 15) is 0 Å². The van der Waals surface area contributed by atoms with Crippen LogP contribution in [0.3, 0.4) is 0 Å². The summed E-state index contributed by atoms with van der Waals surface area (Å²) >= 11 is 6.09. The lowest BCUT2D eigenvalue weighted by atomic mass is 10.1. The third kappa shape index (κ3) is 3.50. The summed E-state index contributed by atoms with van der Waals surface area (Å²) < 4.78 is 12.2. The van der Waals surface area contributed by atoms with Crippen molar-refractivity contribution in [2.24, 2.45) is 0 Å². The van der Waals surface area contributed by atoms with Gasteiger partial charge >= 0.3 is 0 Å². The van der Waals surface area contributed by atoms with Gasteiger partial charge in [-0.2, -0.15) is 5.10 Å². The minimum absolute atomic E-state index is 0.0192. The van der Waals surface area contributed by atoms with Gasteiger partial charge in [0.1, 0.15) is 12.4 Å². The molecular formula is C17H16ClN3O3. The molecule has 2 aromatic heterocycles. The number of aliphatic hydroxyl groups excluding tert-OH is 1. The van der Waals surface area contributed by atoms with E-state index < -0.39 is 0 Å². The lowest BCUT2D eigenvalue weighted by molar-refractivity contribution is 0.201. The van der Waals surface area contributed by atoms with E-state index in [0.717, 1.165) is 16.9 Å². The van der Waals surface area contributed by atoms with Crippen molar-refractivity contribution in [3.05, 3.63) is 53.8 Å². The number of pyridine rings is 1. The number of hydrogen-bond donors (Lipinski definition) is 1. The first-order valence-corrected chi connectivity index (χ1v) is 7.69. The molecule has 1 aromatic carbocycles. The van der Waals surface area contributed by atoms with E-state index in [-0.39, 0.29) is 13.2 Å². The lowest BCUT2D eigenvalue weighted by Crippen LogP contribution is -2.02. The summed E-state index contributed by atoms with van der Waals surface area (Å²) in [6.45, 7) is 0.245. The quantitative estimate of drug-likeness (QED) is 0.743. The van der Waals surface area contributed by atoms with Crippen molar-refractivity contribution in [1.29, 1.82) is 0 Å². The Hall–Kier alpha value is -2.57. The van der Waals surface area contributed by atoms with E-state index in [1.54, 1.807) is 30.1 Å². The zero-order valence-corrected chi connectivity index (χ0v) is 13.8. The van der Waals surface area contributed by atoms with Crippen LogP contribution in [0.15, 0.2) is 48.7 Å². The number of ether oxygens (including phenoxy) is 2. The highest BCUT2D eigenvalue weighted by molar-refractivity contribution is 6.29. The second-order valence-corrected chi connectivity index (χ2v) is 5.31. The third-order valence-electron chi connectivity index (χ3n) is 3.36. The summed E-state index contributed by atoms with van der Waals surface area (Å²) in [6, 6.07) is 12.9. The van der Waals surface area contributed by atoms with Crippen LogP contribution < -0.4 is 9.47 Å². The first kappa shape index (κ1) is 16.3. The standard InChI is InChI=1S/C17H16ClN3O3/c1-23-17-7-4-13(11-19-17)21-15(10-16(18)20-21)12-2-5-14(6-3-12)24-9-8-22/h2-7,10-11,22H,8-9H2,1H3. The highest BCUT2D eigenvalue weighted by Crippen LogP contribution is 2.27. The Morgan fingerprint density at radius 2 is 1.96 bits per heavy atom. The van der Waals surface area contributed by atoms with Crippen LogP contribution in [0.2, 0.25) is 5.15 Å². The smallest absolute Gasteiger partial charge is 0.213 e. The first-order chi connectivity index (χ1) is 11.7. The number of nitrogens with zero attached hydrogens (tertiary/aromatic N) is 3. The van der Waals surface area contributed by atoms with Gasteiger partial charge in [0.2, 0.25) is 5.88 Å². The summed E-state index contributed by atoms with van der Waals surface area (Å²) in [7, 11) is 1.57. The van der Waals surface area contributed by atoms with E-state index in [1.165, 1.54) is 0 Å². The van der Waals surface area contributed by atoms with Crippen LogP contribution in [-0.4, -0.2) is 40.2 Å². The Bertz CT molecular complexity index is 801. The van der Waals surface area contributed by atoms with Gasteiger partial charge in [-0.1, -0.05) is 11.6 Å². The van der Waals surface area contributed by atoms with Crippen molar-refractivity contribution >= 4 is 11.6 Å². The average Bonchev–Trinajstić information content (AvgIpc) is 3.02. The number of hydrogen-bond acceptors (Lipinski definition) is 5. The predicted molar refractivity (Wildman–Crippen MR) is 90.9 cm³/mol. The van der Waals surface area contributed by atoms with Crippen molar-refractivity contribution in [2.75, 3.05) is 20.3 Å². The molecule has 124 valence electrons.